The summed E-state index contributed by atoms with van der Waals surface area (Å²) >= 11 is 4.71. The standard InChI is InChI=1S/C11H9F3N4S/c1-7-2-4-8(5-3-7)6-15-18-9(11(12,13)14)16-17-10(18)19/h2-6H,1H3,(H,17,19)/b15-6+. The lowest BCUT2D eigenvalue weighted by molar-refractivity contribution is -0.147. The van der Waals surface area contributed by atoms with E-state index < -0.39 is 12.0 Å². The Balaban J connectivity index is 2.36. The van der Waals surface area contributed by atoms with E-state index in [-0.39, 0.29) is 4.77 Å². The summed E-state index contributed by atoms with van der Waals surface area (Å²) in [7, 11) is 0. The zero-order valence-corrected chi connectivity index (χ0v) is 10.6. The van der Waals surface area contributed by atoms with Gasteiger partial charge in [-0.1, -0.05) is 29.8 Å². The molecule has 0 aliphatic rings. The second kappa shape index (κ2) is 4.96. The number of nitrogens with one attached hydrogen (secondary N) is 1. The first-order valence-corrected chi connectivity index (χ1v) is 5.64. The van der Waals surface area contributed by atoms with Gasteiger partial charge in [-0.15, -0.1) is 5.10 Å². The largest absolute Gasteiger partial charge is 0.453 e. The van der Waals surface area contributed by atoms with Gasteiger partial charge in [0.05, 0.1) is 6.21 Å². The molecule has 0 amide bonds. The maximum Gasteiger partial charge on any atom is 0.453 e. The van der Waals surface area contributed by atoms with E-state index in [0.29, 0.717) is 10.2 Å². The predicted molar refractivity (Wildman–Crippen MR) is 66.6 cm³/mol. The van der Waals surface area contributed by atoms with Gasteiger partial charge in [0.15, 0.2) is 0 Å². The van der Waals surface area contributed by atoms with Gasteiger partial charge in [0, 0.05) is 0 Å². The third-order valence-corrected chi connectivity index (χ3v) is 2.57. The number of nitrogens with zero attached hydrogens (tertiary/aromatic N) is 3. The van der Waals surface area contributed by atoms with Crippen molar-refractivity contribution in [1.82, 2.24) is 14.9 Å². The lowest BCUT2D eigenvalue weighted by atomic mass is 10.2. The van der Waals surface area contributed by atoms with Crippen LogP contribution in [0.3, 0.4) is 0 Å². The number of aryl methyl sites for hydroxylation is 1. The van der Waals surface area contributed by atoms with Crippen molar-refractivity contribution in [1.29, 1.82) is 0 Å². The Bertz CT molecular complexity index is 652. The van der Waals surface area contributed by atoms with Crippen LogP contribution in [-0.2, 0) is 6.18 Å². The third-order valence-electron chi connectivity index (χ3n) is 2.30. The van der Waals surface area contributed by atoms with Crippen LogP contribution in [0.1, 0.15) is 17.0 Å². The number of halogens is 3. The molecule has 2 rings (SSSR count). The molecule has 0 aliphatic heterocycles. The summed E-state index contributed by atoms with van der Waals surface area (Å²) in [6.07, 6.45) is -3.32. The molecular formula is C11H9F3N4S. The third kappa shape index (κ3) is 3.08. The molecule has 0 aliphatic carbocycles. The summed E-state index contributed by atoms with van der Waals surface area (Å²) in [6.45, 7) is 1.91. The molecule has 8 heteroatoms. The number of H-pyrrole nitrogens is 1. The second-order valence-corrected chi connectivity index (χ2v) is 4.20. The fraction of sp³-hybridized carbons (Fsp3) is 0.182. The average Bonchev–Trinajstić information content (AvgIpc) is 2.70. The Morgan fingerprint density at radius 3 is 2.53 bits per heavy atom. The van der Waals surface area contributed by atoms with Crippen molar-refractivity contribution >= 4 is 18.4 Å². The fourth-order valence-corrected chi connectivity index (χ4v) is 1.54. The van der Waals surface area contributed by atoms with E-state index in [4.69, 9.17) is 12.2 Å². The van der Waals surface area contributed by atoms with Gasteiger partial charge in [-0.25, -0.2) is 5.10 Å². The molecule has 2 aromatic rings. The molecular weight excluding hydrogens is 277 g/mol. The zero-order valence-electron chi connectivity index (χ0n) is 9.77. The van der Waals surface area contributed by atoms with E-state index >= 15 is 0 Å². The van der Waals surface area contributed by atoms with Crippen molar-refractivity contribution in [2.45, 2.75) is 13.1 Å². The molecule has 0 radical (unpaired) electrons. The summed E-state index contributed by atoms with van der Waals surface area (Å²) in [6, 6.07) is 7.16. The summed E-state index contributed by atoms with van der Waals surface area (Å²) in [5.41, 5.74) is 1.72. The van der Waals surface area contributed by atoms with Crippen LogP contribution in [0.4, 0.5) is 13.2 Å². The van der Waals surface area contributed by atoms with Crippen molar-refractivity contribution in [2.75, 3.05) is 0 Å². The lowest BCUT2D eigenvalue weighted by Crippen LogP contribution is -2.12. The molecule has 1 aromatic carbocycles. The summed E-state index contributed by atoms with van der Waals surface area (Å²) in [4.78, 5) is 0. The highest BCUT2D eigenvalue weighted by Gasteiger charge is 2.37. The van der Waals surface area contributed by atoms with E-state index in [2.05, 4.69) is 15.3 Å². The Hall–Kier alpha value is -1.96. The van der Waals surface area contributed by atoms with Crippen LogP contribution in [0, 0.1) is 11.7 Å². The molecule has 0 saturated carbocycles. The van der Waals surface area contributed by atoms with Gasteiger partial charge in [-0.05, 0) is 24.7 Å². The summed E-state index contributed by atoms with van der Waals surface area (Å²) in [5, 5.41) is 8.90. The Morgan fingerprint density at radius 2 is 1.95 bits per heavy atom. The molecule has 0 bridgehead atoms. The molecule has 100 valence electrons. The zero-order chi connectivity index (χ0) is 14.0. The average molecular weight is 286 g/mol. The highest BCUT2D eigenvalue weighted by molar-refractivity contribution is 7.71. The monoisotopic (exact) mass is 286 g/mol. The summed E-state index contributed by atoms with van der Waals surface area (Å²) < 4.78 is 38.2. The molecule has 0 fully saturated rings. The van der Waals surface area contributed by atoms with Crippen molar-refractivity contribution in [3.05, 3.63) is 46.0 Å². The second-order valence-electron chi connectivity index (χ2n) is 3.82. The number of hydrogen-bond donors (Lipinski definition) is 1. The van der Waals surface area contributed by atoms with E-state index in [0.717, 1.165) is 5.56 Å². The van der Waals surface area contributed by atoms with Crippen LogP contribution in [0.2, 0.25) is 0 Å². The van der Waals surface area contributed by atoms with Crippen molar-refractivity contribution in [2.24, 2.45) is 5.10 Å². The van der Waals surface area contributed by atoms with Crippen LogP contribution >= 0.6 is 12.2 Å². The number of aromatic nitrogens is 3. The van der Waals surface area contributed by atoms with Crippen LogP contribution in [0.15, 0.2) is 29.4 Å². The highest BCUT2D eigenvalue weighted by Crippen LogP contribution is 2.27. The van der Waals surface area contributed by atoms with Crippen molar-refractivity contribution in [3.8, 4) is 0 Å². The minimum atomic E-state index is -4.61. The molecule has 1 N–H and O–H groups in total. The number of hydrogen-bond acceptors (Lipinski definition) is 3. The number of rotatable bonds is 2. The SMILES string of the molecule is Cc1ccc(/C=N/n2c(C(F)(F)F)n[nH]c2=S)cc1. The van der Waals surface area contributed by atoms with Crippen LogP contribution in [0.5, 0.6) is 0 Å². The van der Waals surface area contributed by atoms with Crippen molar-refractivity contribution < 1.29 is 13.2 Å². The minimum Gasteiger partial charge on any atom is -0.250 e. The Morgan fingerprint density at radius 1 is 1.32 bits per heavy atom. The maximum atomic E-state index is 12.6. The lowest BCUT2D eigenvalue weighted by Gasteiger charge is -2.03. The first-order chi connectivity index (χ1) is 8.88. The molecule has 0 spiro atoms. The number of benzene rings is 1. The predicted octanol–water partition coefficient (Wildman–Crippen LogP) is 3.15. The molecule has 0 atom stereocenters. The topological polar surface area (TPSA) is 46.0 Å². The Kier molecular flexibility index (Phi) is 3.52. The molecule has 0 saturated heterocycles. The first kappa shape index (κ1) is 13.5. The van der Waals surface area contributed by atoms with Crippen LogP contribution in [0.25, 0.3) is 0 Å². The molecule has 19 heavy (non-hydrogen) atoms. The quantitative estimate of drug-likeness (QED) is 0.681. The highest BCUT2D eigenvalue weighted by atomic mass is 32.1. The molecule has 1 heterocycles. The number of aromatic amines is 1. The summed E-state index contributed by atoms with van der Waals surface area (Å²) in [5.74, 6) is -1.18. The smallest absolute Gasteiger partial charge is 0.250 e. The number of alkyl halides is 3. The molecule has 1 aromatic heterocycles. The van der Waals surface area contributed by atoms with Crippen LogP contribution < -0.4 is 0 Å². The van der Waals surface area contributed by atoms with E-state index in [1.54, 1.807) is 12.1 Å². The van der Waals surface area contributed by atoms with Gasteiger partial charge in [0.25, 0.3) is 5.82 Å². The maximum absolute atomic E-state index is 12.6. The molecule has 4 nitrogen and oxygen atoms in total. The fourth-order valence-electron chi connectivity index (χ4n) is 1.36. The molecule has 0 unspecified atom stereocenters. The normalized spacial score (nSPS) is 12.2. The Labute approximate surface area is 111 Å². The van der Waals surface area contributed by atoms with Gasteiger partial charge in [0.2, 0.25) is 4.77 Å². The van der Waals surface area contributed by atoms with Crippen LogP contribution in [-0.4, -0.2) is 21.1 Å². The van der Waals surface area contributed by atoms with E-state index in [1.807, 2.05) is 19.1 Å². The van der Waals surface area contributed by atoms with Gasteiger partial charge in [-0.3, -0.25) is 0 Å². The van der Waals surface area contributed by atoms with E-state index in [9.17, 15) is 13.2 Å². The van der Waals surface area contributed by atoms with Gasteiger partial charge >= 0.3 is 6.18 Å². The van der Waals surface area contributed by atoms with Gasteiger partial charge in [0.1, 0.15) is 0 Å². The first-order valence-electron chi connectivity index (χ1n) is 5.23. The minimum absolute atomic E-state index is 0.212. The van der Waals surface area contributed by atoms with E-state index in [1.165, 1.54) is 6.21 Å². The van der Waals surface area contributed by atoms with Gasteiger partial charge < -0.3 is 0 Å². The van der Waals surface area contributed by atoms with Gasteiger partial charge in [-0.2, -0.15) is 22.9 Å². The van der Waals surface area contributed by atoms with Crippen molar-refractivity contribution in [3.63, 3.8) is 0 Å².